The number of carbonyl (C=O) groups is 2. The molecule has 1 N–H and O–H groups in total. The van der Waals surface area contributed by atoms with Gasteiger partial charge in [-0.05, 0) is 43.0 Å². The molecule has 0 aliphatic heterocycles. The highest BCUT2D eigenvalue weighted by Gasteiger charge is 2.29. The minimum absolute atomic E-state index is 0.145. The summed E-state index contributed by atoms with van der Waals surface area (Å²) in [6.07, 6.45) is 2.39. The van der Waals surface area contributed by atoms with Crippen LogP contribution in [0.15, 0.2) is 48.5 Å². The standard InChI is InChI=1S/C24H31ClN2O3/c1-4-6-15-26-24(29)21(5-2)27(16-19-12-8-9-13-20(19)25)23(28)17-30-22-14-10-7-11-18(22)3/h7-14,21H,4-6,15-17H2,1-3H3,(H,26,29). The molecule has 0 bridgehead atoms. The monoisotopic (exact) mass is 430 g/mol. The molecule has 30 heavy (non-hydrogen) atoms. The predicted molar refractivity (Wildman–Crippen MR) is 121 cm³/mol. The maximum absolute atomic E-state index is 13.2. The number of rotatable bonds is 11. The smallest absolute Gasteiger partial charge is 0.261 e. The highest BCUT2D eigenvalue weighted by Crippen LogP contribution is 2.21. The van der Waals surface area contributed by atoms with Crippen LogP contribution in [0.2, 0.25) is 5.02 Å². The van der Waals surface area contributed by atoms with Crippen molar-refractivity contribution in [3.63, 3.8) is 0 Å². The summed E-state index contributed by atoms with van der Waals surface area (Å²) in [6.45, 7) is 6.60. The van der Waals surface area contributed by atoms with E-state index in [1.807, 2.05) is 56.3 Å². The number of benzene rings is 2. The normalized spacial score (nSPS) is 11.6. The van der Waals surface area contributed by atoms with E-state index in [-0.39, 0.29) is 25.0 Å². The van der Waals surface area contributed by atoms with Crippen LogP contribution >= 0.6 is 11.6 Å². The maximum Gasteiger partial charge on any atom is 0.261 e. The van der Waals surface area contributed by atoms with Gasteiger partial charge in [0.1, 0.15) is 11.8 Å². The molecular weight excluding hydrogens is 400 g/mol. The van der Waals surface area contributed by atoms with Gasteiger partial charge in [-0.1, -0.05) is 68.3 Å². The number of carbonyl (C=O) groups excluding carboxylic acids is 2. The van der Waals surface area contributed by atoms with Gasteiger partial charge in [-0.3, -0.25) is 9.59 Å². The Balaban J connectivity index is 2.20. The lowest BCUT2D eigenvalue weighted by atomic mass is 10.1. The van der Waals surface area contributed by atoms with Crippen LogP contribution in [0.25, 0.3) is 0 Å². The average Bonchev–Trinajstić information content (AvgIpc) is 2.74. The predicted octanol–water partition coefficient (Wildman–Crippen LogP) is 4.75. The van der Waals surface area contributed by atoms with Crippen LogP contribution in [-0.4, -0.2) is 35.9 Å². The van der Waals surface area contributed by atoms with Crippen LogP contribution in [0.5, 0.6) is 5.75 Å². The minimum Gasteiger partial charge on any atom is -0.484 e. The number of aryl methyl sites for hydroxylation is 1. The largest absolute Gasteiger partial charge is 0.484 e. The zero-order valence-electron chi connectivity index (χ0n) is 18.0. The van der Waals surface area contributed by atoms with Crippen LogP contribution < -0.4 is 10.1 Å². The molecule has 2 aromatic carbocycles. The lowest BCUT2D eigenvalue weighted by molar-refractivity contribution is -0.143. The third-order valence-corrected chi connectivity index (χ3v) is 5.33. The van der Waals surface area contributed by atoms with Crippen molar-refractivity contribution in [3.8, 4) is 5.75 Å². The Hall–Kier alpha value is -2.53. The Morgan fingerprint density at radius 3 is 2.47 bits per heavy atom. The van der Waals surface area contributed by atoms with E-state index in [1.54, 1.807) is 11.0 Å². The fourth-order valence-corrected chi connectivity index (χ4v) is 3.37. The van der Waals surface area contributed by atoms with Gasteiger partial charge < -0.3 is 15.0 Å². The van der Waals surface area contributed by atoms with E-state index < -0.39 is 6.04 Å². The van der Waals surface area contributed by atoms with Crippen LogP contribution in [0.1, 0.15) is 44.2 Å². The van der Waals surface area contributed by atoms with Gasteiger partial charge in [-0.2, -0.15) is 0 Å². The molecule has 0 aromatic heterocycles. The molecule has 1 unspecified atom stereocenters. The van der Waals surface area contributed by atoms with Crippen molar-refractivity contribution in [2.45, 2.75) is 52.6 Å². The van der Waals surface area contributed by atoms with Crippen molar-refractivity contribution in [2.75, 3.05) is 13.2 Å². The maximum atomic E-state index is 13.2. The highest BCUT2D eigenvalue weighted by molar-refractivity contribution is 6.31. The molecule has 162 valence electrons. The van der Waals surface area contributed by atoms with E-state index in [1.165, 1.54) is 0 Å². The minimum atomic E-state index is -0.592. The van der Waals surface area contributed by atoms with Crippen molar-refractivity contribution < 1.29 is 14.3 Å². The van der Waals surface area contributed by atoms with E-state index >= 15 is 0 Å². The molecule has 0 radical (unpaired) electrons. The molecule has 0 saturated carbocycles. The van der Waals surface area contributed by atoms with Crippen molar-refractivity contribution >= 4 is 23.4 Å². The van der Waals surface area contributed by atoms with E-state index in [0.29, 0.717) is 23.7 Å². The van der Waals surface area contributed by atoms with E-state index in [9.17, 15) is 9.59 Å². The molecule has 0 saturated heterocycles. The number of nitrogens with zero attached hydrogens (tertiary/aromatic N) is 1. The van der Waals surface area contributed by atoms with E-state index in [4.69, 9.17) is 16.3 Å². The molecular formula is C24H31ClN2O3. The number of amides is 2. The van der Waals surface area contributed by atoms with Gasteiger partial charge >= 0.3 is 0 Å². The summed E-state index contributed by atoms with van der Waals surface area (Å²) in [4.78, 5) is 27.5. The quantitative estimate of drug-likeness (QED) is 0.523. The third-order valence-electron chi connectivity index (χ3n) is 4.96. The number of para-hydroxylation sites is 1. The zero-order chi connectivity index (χ0) is 21.9. The molecule has 0 aliphatic rings. The molecule has 0 aliphatic carbocycles. The summed E-state index contributed by atoms with van der Waals surface area (Å²) in [5.41, 5.74) is 1.75. The summed E-state index contributed by atoms with van der Waals surface area (Å²) >= 11 is 6.33. The summed E-state index contributed by atoms with van der Waals surface area (Å²) in [7, 11) is 0. The van der Waals surface area contributed by atoms with Crippen molar-refractivity contribution in [1.29, 1.82) is 0 Å². The second-order valence-electron chi connectivity index (χ2n) is 7.24. The van der Waals surface area contributed by atoms with Crippen molar-refractivity contribution in [2.24, 2.45) is 0 Å². The SMILES string of the molecule is CCCCNC(=O)C(CC)N(Cc1ccccc1Cl)C(=O)COc1ccccc1C. The molecule has 0 fully saturated rings. The molecule has 1 atom stereocenters. The van der Waals surface area contributed by atoms with Gasteiger partial charge in [0.15, 0.2) is 6.61 Å². The fraction of sp³-hybridized carbons (Fsp3) is 0.417. The van der Waals surface area contributed by atoms with Gasteiger partial charge in [0.25, 0.3) is 5.91 Å². The van der Waals surface area contributed by atoms with Gasteiger partial charge in [-0.25, -0.2) is 0 Å². The van der Waals surface area contributed by atoms with Crippen molar-refractivity contribution in [3.05, 3.63) is 64.7 Å². The van der Waals surface area contributed by atoms with Crippen LogP contribution in [-0.2, 0) is 16.1 Å². The number of unbranched alkanes of at least 4 members (excludes halogenated alkanes) is 1. The highest BCUT2D eigenvalue weighted by atomic mass is 35.5. The van der Waals surface area contributed by atoms with Crippen LogP contribution in [0.4, 0.5) is 0 Å². The Kier molecular flexibility index (Phi) is 9.68. The van der Waals surface area contributed by atoms with Gasteiger partial charge in [0.05, 0.1) is 0 Å². The second-order valence-corrected chi connectivity index (χ2v) is 7.64. The Morgan fingerprint density at radius 1 is 1.10 bits per heavy atom. The first-order chi connectivity index (χ1) is 14.5. The van der Waals surface area contributed by atoms with E-state index in [2.05, 4.69) is 12.2 Å². The number of hydrogen-bond acceptors (Lipinski definition) is 3. The van der Waals surface area contributed by atoms with E-state index in [0.717, 1.165) is 24.0 Å². The lowest BCUT2D eigenvalue weighted by Gasteiger charge is -2.31. The summed E-state index contributed by atoms with van der Waals surface area (Å²) in [6, 6.07) is 14.3. The molecule has 0 heterocycles. The molecule has 6 heteroatoms. The topological polar surface area (TPSA) is 58.6 Å². The first-order valence-electron chi connectivity index (χ1n) is 10.5. The third kappa shape index (κ3) is 6.77. The average molecular weight is 431 g/mol. The summed E-state index contributed by atoms with van der Waals surface area (Å²) < 4.78 is 5.76. The number of halogens is 1. The number of nitrogens with one attached hydrogen (secondary N) is 1. The first kappa shape index (κ1) is 23.7. The van der Waals surface area contributed by atoms with Crippen molar-refractivity contribution in [1.82, 2.24) is 10.2 Å². The number of hydrogen-bond donors (Lipinski definition) is 1. The Bertz CT molecular complexity index is 841. The molecule has 2 amide bonds. The van der Waals surface area contributed by atoms with Crippen LogP contribution in [0.3, 0.4) is 0 Å². The van der Waals surface area contributed by atoms with Gasteiger partial charge in [0, 0.05) is 18.1 Å². The molecule has 2 aromatic rings. The summed E-state index contributed by atoms with van der Waals surface area (Å²) in [5.74, 6) is 0.252. The molecule has 0 spiro atoms. The lowest BCUT2D eigenvalue weighted by Crippen LogP contribution is -2.50. The first-order valence-corrected chi connectivity index (χ1v) is 10.8. The second kappa shape index (κ2) is 12.2. The fourth-order valence-electron chi connectivity index (χ4n) is 3.18. The van der Waals surface area contributed by atoms with Crippen LogP contribution in [0, 0.1) is 6.92 Å². The summed E-state index contributed by atoms with van der Waals surface area (Å²) in [5, 5.41) is 3.51. The Morgan fingerprint density at radius 2 is 1.80 bits per heavy atom. The van der Waals surface area contributed by atoms with Gasteiger partial charge in [-0.15, -0.1) is 0 Å². The zero-order valence-corrected chi connectivity index (χ0v) is 18.7. The molecule has 2 rings (SSSR count). The number of ether oxygens (including phenoxy) is 1. The Labute approximate surface area is 184 Å². The molecule has 5 nitrogen and oxygen atoms in total. The van der Waals surface area contributed by atoms with Gasteiger partial charge in [0.2, 0.25) is 5.91 Å².